The second kappa shape index (κ2) is 3.72. The molecule has 0 aromatic heterocycles. The van der Waals surface area contributed by atoms with Crippen molar-refractivity contribution in [3.8, 4) is 0 Å². The lowest BCUT2D eigenvalue weighted by Crippen LogP contribution is -2.30. The number of hydrogen-bond donors (Lipinski definition) is 0. The van der Waals surface area contributed by atoms with E-state index in [-0.39, 0.29) is 0 Å². The van der Waals surface area contributed by atoms with E-state index in [1.807, 2.05) is 0 Å². The molecule has 0 amide bonds. The molecule has 1 aliphatic rings. The molecular formula is C8H16BrN. The van der Waals surface area contributed by atoms with E-state index in [0.29, 0.717) is 0 Å². The topological polar surface area (TPSA) is 3.24 Å². The monoisotopic (exact) mass is 205 g/mol. The highest BCUT2D eigenvalue weighted by molar-refractivity contribution is 9.09. The van der Waals surface area contributed by atoms with Crippen molar-refractivity contribution in [2.75, 3.05) is 18.4 Å². The second-order valence-electron chi connectivity index (χ2n) is 3.23. The van der Waals surface area contributed by atoms with Gasteiger partial charge in [0, 0.05) is 17.9 Å². The molecule has 0 N–H and O–H groups in total. The molecule has 0 aromatic carbocycles. The van der Waals surface area contributed by atoms with Gasteiger partial charge in [-0.1, -0.05) is 22.9 Å². The highest BCUT2D eigenvalue weighted by atomic mass is 79.9. The van der Waals surface area contributed by atoms with Crippen molar-refractivity contribution in [1.82, 2.24) is 4.90 Å². The van der Waals surface area contributed by atoms with Gasteiger partial charge in [-0.15, -0.1) is 0 Å². The molecule has 0 bridgehead atoms. The number of likely N-dealkylation sites (tertiary alicyclic amines) is 1. The van der Waals surface area contributed by atoms with Gasteiger partial charge < -0.3 is 0 Å². The maximum absolute atomic E-state index is 3.47. The minimum absolute atomic E-state index is 0.803. The molecule has 60 valence electrons. The van der Waals surface area contributed by atoms with Crippen molar-refractivity contribution in [3.63, 3.8) is 0 Å². The van der Waals surface area contributed by atoms with E-state index >= 15 is 0 Å². The summed E-state index contributed by atoms with van der Waals surface area (Å²) in [5, 5.41) is 1.12. The molecule has 0 radical (unpaired) electrons. The van der Waals surface area contributed by atoms with E-state index in [2.05, 4.69) is 34.7 Å². The van der Waals surface area contributed by atoms with Crippen LogP contribution >= 0.6 is 15.9 Å². The highest BCUT2D eigenvalue weighted by Crippen LogP contribution is 2.22. The lowest BCUT2D eigenvalue weighted by Gasteiger charge is -2.21. The Bertz CT molecular complexity index is 103. The standard InChI is InChI=1S/C8H16BrN/c1-7-3-5-10(6-4-9)8(7)2/h7-8H,3-6H2,1-2H3. The molecular weight excluding hydrogens is 190 g/mol. The SMILES string of the molecule is CC1CCN(CCBr)C1C. The van der Waals surface area contributed by atoms with E-state index < -0.39 is 0 Å². The molecule has 0 spiro atoms. The Kier molecular flexibility index (Phi) is 3.18. The molecule has 1 rings (SSSR count). The first-order valence-electron chi connectivity index (χ1n) is 4.05. The average molecular weight is 206 g/mol. The largest absolute Gasteiger partial charge is 0.300 e. The van der Waals surface area contributed by atoms with E-state index in [9.17, 15) is 0 Å². The van der Waals surface area contributed by atoms with E-state index in [1.54, 1.807) is 0 Å². The van der Waals surface area contributed by atoms with Gasteiger partial charge in [0.2, 0.25) is 0 Å². The van der Waals surface area contributed by atoms with Gasteiger partial charge in [0.05, 0.1) is 0 Å². The molecule has 1 fully saturated rings. The Morgan fingerprint density at radius 3 is 2.60 bits per heavy atom. The summed E-state index contributed by atoms with van der Waals surface area (Å²) in [7, 11) is 0. The summed E-state index contributed by atoms with van der Waals surface area (Å²) in [5.41, 5.74) is 0. The number of halogens is 1. The normalized spacial score (nSPS) is 35.1. The van der Waals surface area contributed by atoms with Gasteiger partial charge in [0.15, 0.2) is 0 Å². The molecule has 0 aliphatic carbocycles. The van der Waals surface area contributed by atoms with Crippen molar-refractivity contribution in [1.29, 1.82) is 0 Å². The lowest BCUT2D eigenvalue weighted by atomic mass is 10.1. The first-order valence-corrected chi connectivity index (χ1v) is 5.18. The molecule has 10 heavy (non-hydrogen) atoms. The second-order valence-corrected chi connectivity index (χ2v) is 4.02. The van der Waals surface area contributed by atoms with Crippen LogP contribution in [0.15, 0.2) is 0 Å². The quantitative estimate of drug-likeness (QED) is 0.625. The third-order valence-corrected chi connectivity index (χ3v) is 3.00. The van der Waals surface area contributed by atoms with Crippen LogP contribution in [-0.4, -0.2) is 29.4 Å². The van der Waals surface area contributed by atoms with Gasteiger partial charge in [-0.3, -0.25) is 4.90 Å². The summed E-state index contributed by atoms with van der Waals surface area (Å²) in [4.78, 5) is 2.55. The zero-order valence-corrected chi connectivity index (χ0v) is 8.39. The molecule has 1 nitrogen and oxygen atoms in total. The van der Waals surface area contributed by atoms with Crippen molar-refractivity contribution in [2.24, 2.45) is 5.92 Å². The summed E-state index contributed by atoms with van der Waals surface area (Å²) in [5.74, 6) is 0.902. The van der Waals surface area contributed by atoms with Gasteiger partial charge in [0.1, 0.15) is 0 Å². The third-order valence-electron chi connectivity index (χ3n) is 2.64. The minimum Gasteiger partial charge on any atom is -0.300 e. The molecule has 0 saturated carbocycles. The van der Waals surface area contributed by atoms with Gasteiger partial charge in [-0.2, -0.15) is 0 Å². The van der Waals surface area contributed by atoms with Crippen LogP contribution in [0.2, 0.25) is 0 Å². The number of rotatable bonds is 2. The number of nitrogens with zero attached hydrogens (tertiary/aromatic N) is 1. The van der Waals surface area contributed by atoms with Gasteiger partial charge >= 0.3 is 0 Å². The Labute approximate surface area is 71.9 Å². The summed E-state index contributed by atoms with van der Waals surface area (Å²) >= 11 is 3.47. The molecule has 2 heteroatoms. The fourth-order valence-corrected chi connectivity index (χ4v) is 2.05. The molecule has 1 saturated heterocycles. The minimum atomic E-state index is 0.803. The van der Waals surface area contributed by atoms with Crippen molar-refractivity contribution in [2.45, 2.75) is 26.3 Å². The van der Waals surface area contributed by atoms with Gasteiger partial charge in [0.25, 0.3) is 0 Å². The van der Waals surface area contributed by atoms with Crippen LogP contribution in [0.5, 0.6) is 0 Å². The molecule has 2 atom stereocenters. The third kappa shape index (κ3) is 1.73. The van der Waals surface area contributed by atoms with Crippen LogP contribution in [-0.2, 0) is 0 Å². The fraction of sp³-hybridized carbons (Fsp3) is 1.00. The Morgan fingerprint density at radius 1 is 1.50 bits per heavy atom. The zero-order chi connectivity index (χ0) is 7.56. The fourth-order valence-electron chi connectivity index (χ4n) is 1.60. The van der Waals surface area contributed by atoms with Crippen LogP contribution in [0.3, 0.4) is 0 Å². The van der Waals surface area contributed by atoms with Crippen molar-refractivity contribution in [3.05, 3.63) is 0 Å². The van der Waals surface area contributed by atoms with Crippen LogP contribution in [0.1, 0.15) is 20.3 Å². The summed E-state index contributed by atoms with van der Waals surface area (Å²) in [6.07, 6.45) is 1.38. The van der Waals surface area contributed by atoms with Crippen molar-refractivity contribution < 1.29 is 0 Å². The predicted molar refractivity (Wildman–Crippen MR) is 48.6 cm³/mol. The summed E-state index contributed by atoms with van der Waals surface area (Å²) in [6, 6.07) is 0.803. The maximum atomic E-state index is 3.47. The molecule has 0 aromatic rings. The number of alkyl halides is 1. The average Bonchev–Trinajstić information content (AvgIpc) is 2.20. The van der Waals surface area contributed by atoms with Crippen molar-refractivity contribution >= 4 is 15.9 Å². The maximum Gasteiger partial charge on any atom is 0.0159 e. The Morgan fingerprint density at radius 2 is 2.20 bits per heavy atom. The van der Waals surface area contributed by atoms with E-state index in [1.165, 1.54) is 19.5 Å². The first-order chi connectivity index (χ1) is 4.75. The van der Waals surface area contributed by atoms with Crippen LogP contribution in [0, 0.1) is 5.92 Å². The molecule has 2 unspecified atom stereocenters. The molecule has 1 heterocycles. The molecule has 1 aliphatic heterocycles. The lowest BCUT2D eigenvalue weighted by molar-refractivity contribution is 0.263. The summed E-state index contributed by atoms with van der Waals surface area (Å²) in [6.45, 7) is 7.19. The predicted octanol–water partition coefficient (Wildman–Crippen LogP) is 2.11. The smallest absolute Gasteiger partial charge is 0.0159 e. The first kappa shape index (κ1) is 8.54. The highest BCUT2D eigenvalue weighted by Gasteiger charge is 2.25. The van der Waals surface area contributed by atoms with E-state index in [4.69, 9.17) is 0 Å². The van der Waals surface area contributed by atoms with Gasteiger partial charge in [-0.05, 0) is 25.8 Å². The zero-order valence-electron chi connectivity index (χ0n) is 6.81. The summed E-state index contributed by atoms with van der Waals surface area (Å²) < 4.78 is 0. The number of hydrogen-bond acceptors (Lipinski definition) is 1. The van der Waals surface area contributed by atoms with Crippen LogP contribution < -0.4 is 0 Å². The Balaban J connectivity index is 2.33. The van der Waals surface area contributed by atoms with E-state index in [0.717, 1.165) is 17.3 Å². The van der Waals surface area contributed by atoms with Gasteiger partial charge in [-0.25, -0.2) is 0 Å². The van der Waals surface area contributed by atoms with Crippen LogP contribution in [0.4, 0.5) is 0 Å². The Hall–Kier alpha value is 0.440. The van der Waals surface area contributed by atoms with Crippen LogP contribution in [0.25, 0.3) is 0 Å².